The van der Waals surface area contributed by atoms with Crippen LogP contribution in [0.25, 0.3) is 11.0 Å². The van der Waals surface area contributed by atoms with E-state index in [-0.39, 0.29) is 18.6 Å². The van der Waals surface area contributed by atoms with E-state index in [0.29, 0.717) is 24.2 Å². The lowest BCUT2D eigenvalue weighted by Gasteiger charge is -2.26. The topological polar surface area (TPSA) is 67.2 Å². The smallest absolute Gasteiger partial charge is 0.416 e. The molecule has 1 heterocycles. The van der Waals surface area contributed by atoms with Gasteiger partial charge in [0.25, 0.3) is 0 Å². The van der Waals surface area contributed by atoms with Crippen LogP contribution in [0, 0.1) is 5.41 Å². The number of hydrogen-bond donors (Lipinski definition) is 2. The molecule has 0 fully saturated rings. The summed E-state index contributed by atoms with van der Waals surface area (Å²) in [5, 5.41) is 12.5. The molecule has 1 aromatic carbocycles. The first-order chi connectivity index (χ1) is 11.6. The minimum atomic E-state index is -4.41. The first-order valence-corrected chi connectivity index (χ1v) is 8.11. The van der Waals surface area contributed by atoms with Gasteiger partial charge in [-0.1, -0.05) is 13.8 Å². The molecule has 1 aromatic heterocycles. The van der Waals surface area contributed by atoms with Gasteiger partial charge in [0.1, 0.15) is 5.82 Å². The number of benzene rings is 1. The second-order valence-electron chi connectivity index (χ2n) is 6.18. The summed E-state index contributed by atoms with van der Waals surface area (Å²) < 4.78 is 40.1. The van der Waals surface area contributed by atoms with Crippen molar-refractivity contribution in [1.82, 2.24) is 14.9 Å². The number of aliphatic carboxylic acids is 1. The van der Waals surface area contributed by atoms with Crippen molar-refractivity contribution in [1.29, 1.82) is 0 Å². The number of hydrogen-bond acceptors (Lipinski definition) is 3. The van der Waals surface area contributed by atoms with Gasteiger partial charge in [-0.2, -0.15) is 13.2 Å². The number of nitrogens with zero attached hydrogens (tertiary/aromatic N) is 2. The maximum atomic E-state index is 12.8. The number of aromatic nitrogens is 2. The quantitative estimate of drug-likeness (QED) is 0.795. The SMILES string of the molecule is CCC(CC)(CNCc1nc2cc(C(F)(F)F)ccc2n1C)C(=O)O. The predicted octanol–water partition coefficient (Wildman–Crippen LogP) is 3.57. The Morgan fingerprint density at radius 2 is 1.92 bits per heavy atom. The molecule has 0 aliphatic heterocycles. The van der Waals surface area contributed by atoms with E-state index in [1.807, 2.05) is 13.8 Å². The van der Waals surface area contributed by atoms with E-state index >= 15 is 0 Å². The zero-order chi connectivity index (χ0) is 18.8. The third-order valence-corrected chi connectivity index (χ3v) is 4.85. The molecule has 0 amide bonds. The highest BCUT2D eigenvalue weighted by atomic mass is 19.4. The third kappa shape index (κ3) is 3.78. The van der Waals surface area contributed by atoms with Crippen molar-refractivity contribution in [3.05, 3.63) is 29.6 Å². The van der Waals surface area contributed by atoms with Gasteiger partial charge in [-0.25, -0.2) is 4.98 Å². The molecule has 2 rings (SSSR count). The Bertz CT molecular complexity index is 764. The van der Waals surface area contributed by atoms with Crippen molar-refractivity contribution in [2.75, 3.05) is 6.54 Å². The maximum absolute atomic E-state index is 12.8. The van der Waals surface area contributed by atoms with E-state index in [2.05, 4.69) is 10.3 Å². The molecule has 0 atom stereocenters. The molecule has 138 valence electrons. The van der Waals surface area contributed by atoms with Crippen LogP contribution < -0.4 is 5.32 Å². The lowest BCUT2D eigenvalue weighted by atomic mass is 9.82. The van der Waals surface area contributed by atoms with Crippen LogP contribution in [0.2, 0.25) is 0 Å². The molecule has 0 spiro atoms. The molecule has 2 aromatic rings. The Morgan fingerprint density at radius 3 is 2.44 bits per heavy atom. The number of carboxylic acid groups (broad SMARTS) is 1. The number of imidazole rings is 1. The fourth-order valence-electron chi connectivity index (χ4n) is 2.88. The Kier molecular flexibility index (Phi) is 5.41. The summed E-state index contributed by atoms with van der Waals surface area (Å²) in [5.41, 5.74) is -0.724. The maximum Gasteiger partial charge on any atom is 0.416 e. The molecule has 5 nitrogen and oxygen atoms in total. The van der Waals surface area contributed by atoms with Crippen molar-refractivity contribution < 1.29 is 23.1 Å². The van der Waals surface area contributed by atoms with E-state index in [0.717, 1.165) is 12.1 Å². The highest BCUT2D eigenvalue weighted by Crippen LogP contribution is 2.31. The average Bonchev–Trinajstić information content (AvgIpc) is 2.86. The van der Waals surface area contributed by atoms with Crippen LogP contribution in [0.15, 0.2) is 18.2 Å². The molecule has 0 aliphatic carbocycles. The van der Waals surface area contributed by atoms with Crippen molar-refractivity contribution >= 4 is 17.0 Å². The number of halogens is 3. The summed E-state index contributed by atoms with van der Waals surface area (Å²) in [4.78, 5) is 15.8. The molecular formula is C17H22F3N3O2. The van der Waals surface area contributed by atoms with Crippen LogP contribution in [0.1, 0.15) is 38.1 Å². The Hall–Kier alpha value is -2.09. The van der Waals surface area contributed by atoms with E-state index < -0.39 is 23.1 Å². The van der Waals surface area contributed by atoms with Gasteiger partial charge in [0.15, 0.2) is 0 Å². The minimum Gasteiger partial charge on any atom is -0.481 e. The predicted molar refractivity (Wildman–Crippen MR) is 88.1 cm³/mol. The van der Waals surface area contributed by atoms with Gasteiger partial charge in [-0.15, -0.1) is 0 Å². The molecule has 0 saturated heterocycles. The van der Waals surface area contributed by atoms with Crippen LogP contribution in [0.3, 0.4) is 0 Å². The molecule has 8 heteroatoms. The molecule has 0 unspecified atom stereocenters. The van der Waals surface area contributed by atoms with Crippen molar-refractivity contribution in [3.8, 4) is 0 Å². The van der Waals surface area contributed by atoms with Crippen LogP contribution in [0.4, 0.5) is 13.2 Å². The van der Waals surface area contributed by atoms with E-state index in [4.69, 9.17) is 0 Å². The zero-order valence-corrected chi connectivity index (χ0v) is 14.4. The zero-order valence-electron chi connectivity index (χ0n) is 14.4. The fraction of sp³-hybridized carbons (Fsp3) is 0.529. The van der Waals surface area contributed by atoms with Gasteiger partial charge in [-0.05, 0) is 31.0 Å². The van der Waals surface area contributed by atoms with Crippen LogP contribution in [-0.4, -0.2) is 27.2 Å². The van der Waals surface area contributed by atoms with E-state index in [9.17, 15) is 23.1 Å². The number of fused-ring (bicyclic) bond motifs is 1. The van der Waals surface area contributed by atoms with Gasteiger partial charge in [0.2, 0.25) is 0 Å². The average molecular weight is 357 g/mol. The number of alkyl halides is 3. The summed E-state index contributed by atoms with van der Waals surface area (Å²) in [6, 6.07) is 3.46. The van der Waals surface area contributed by atoms with Crippen LogP contribution in [0.5, 0.6) is 0 Å². The number of aryl methyl sites for hydroxylation is 1. The standard InChI is InChI=1S/C17H22F3N3O2/c1-4-16(5-2,15(24)25)10-21-9-14-22-12-8-11(17(18,19)20)6-7-13(12)23(14)3/h6-8,21H,4-5,9-10H2,1-3H3,(H,24,25). The second kappa shape index (κ2) is 7.03. The summed E-state index contributed by atoms with van der Waals surface area (Å²) in [6.45, 7) is 4.20. The highest BCUT2D eigenvalue weighted by molar-refractivity contribution is 5.77. The molecule has 0 bridgehead atoms. The molecule has 0 saturated carbocycles. The van der Waals surface area contributed by atoms with Gasteiger partial charge >= 0.3 is 12.1 Å². The largest absolute Gasteiger partial charge is 0.481 e. The van der Waals surface area contributed by atoms with Gasteiger partial charge in [0.05, 0.1) is 28.6 Å². The van der Waals surface area contributed by atoms with Gasteiger partial charge in [-0.3, -0.25) is 4.79 Å². The highest BCUT2D eigenvalue weighted by Gasteiger charge is 2.34. The number of carbonyl (C=O) groups is 1. The Labute approximate surface area is 143 Å². The fourth-order valence-corrected chi connectivity index (χ4v) is 2.88. The summed E-state index contributed by atoms with van der Waals surface area (Å²) >= 11 is 0. The molecular weight excluding hydrogens is 335 g/mol. The minimum absolute atomic E-state index is 0.268. The summed E-state index contributed by atoms with van der Waals surface area (Å²) in [7, 11) is 1.73. The van der Waals surface area contributed by atoms with Gasteiger partial charge < -0.3 is 15.0 Å². The molecule has 2 N–H and O–H groups in total. The lowest BCUT2D eigenvalue weighted by molar-refractivity contribution is -0.149. The van der Waals surface area contributed by atoms with Crippen molar-refractivity contribution in [2.24, 2.45) is 12.5 Å². The number of carboxylic acids is 1. The Balaban J connectivity index is 2.19. The monoisotopic (exact) mass is 357 g/mol. The number of rotatable bonds is 7. The Morgan fingerprint density at radius 1 is 1.28 bits per heavy atom. The third-order valence-electron chi connectivity index (χ3n) is 4.85. The van der Waals surface area contributed by atoms with E-state index in [1.54, 1.807) is 11.6 Å². The van der Waals surface area contributed by atoms with Crippen molar-refractivity contribution in [3.63, 3.8) is 0 Å². The molecule has 25 heavy (non-hydrogen) atoms. The van der Waals surface area contributed by atoms with E-state index in [1.165, 1.54) is 6.07 Å². The molecule has 0 radical (unpaired) electrons. The summed E-state index contributed by atoms with van der Waals surface area (Å²) in [6.07, 6.45) is -3.43. The van der Waals surface area contributed by atoms with Crippen molar-refractivity contribution in [2.45, 2.75) is 39.4 Å². The molecule has 0 aliphatic rings. The first kappa shape index (κ1) is 19.2. The van der Waals surface area contributed by atoms with Crippen LogP contribution in [-0.2, 0) is 24.6 Å². The number of nitrogens with one attached hydrogen (secondary N) is 1. The van der Waals surface area contributed by atoms with Gasteiger partial charge in [0, 0.05) is 13.6 Å². The normalized spacial score (nSPS) is 12.7. The second-order valence-corrected chi connectivity index (χ2v) is 6.18. The van der Waals surface area contributed by atoms with Crippen LogP contribution >= 0.6 is 0 Å². The first-order valence-electron chi connectivity index (χ1n) is 8.11. The summed E-state index contributed by atoms with van der Waals surface area (Å²) in [5.74, 6) is -0.300. The lowest BCUT2D eigenvalue weighted by Crippen LogP contribution is -2.40.